The van der Waals surface area contributed by atoms with E-state index >= 15 is 0 Å². The zero-order valence-electron chi connectivity index (χ0n) is 24.2. The predicted octanol–water partition coefficient (Wildman–Crippen LogP) is 5.83. The first kappa shape index (κ1) is 29.3. The van der Waals surface area contributed by atoms with Gasteiger partial charge in [-0.05, 0) is 80.0 Å². The molecule has 1 amide bonds. The molecule has 0 radical (unpaired) electrons. The number of aromatic hydroxyl groups is 1. The molecule has 0 spiro atoms. The Bertz CT molecular complexity index is 1540. The van der Waals surface area contributed by atoms with Gasteiger partial charge in [-0.15, -0.1) is 0 Å². The van der Waals surface area contributed by atoms with Crippen LogP contribution in [0.3, 0.4) is 0 Å². The van der Waals surface area contributed by atoms with E-state index in [1.54, 1.807) is 30.0 Å². The van der Waals surface area contributed by atoms with Crippen LogP contribution in [0, 0.1) is 8.99 Å². The third kappa shape index (κ3) is 5.38. The molecular weight excluding hydrogens is 655 g/mol. The lowest BCUT2D eigenvalue weighted by Crippen LogP contribution is -2.35. The van der Waals surface area contributed by atoms with E-state index in [1.807, 2.05) is 18.2 Å². The number of carbonyl (C=O) groups excluding carboxylic acids is 1. The molecule has 1 N–H and O–H groups in total. The smallest absolute Gasteiger partial charge is 0.318 e. The van der Waals surface area contributed by atoms with E-state index in [1.165, 1.54) is 6.07 Å². The van der Waals surface area contributed by atoms with Crippen molar-refractivity contribution in [3.05, 3.63) is 50.7 Å². The van der Waals surface area contributed by atoms with Crippen molar-refractivity contribution in [2.45, 2.75) is 64.1 Å². The maximum Gasteiger partial charge on any atom is 0.318 e. The number of hydrogen-bond donors (Lipinski definition) is 1. The van der Waals surface area contributed by atoms with Gasteiger partial charge < -0.3 is 24.5 Å². The molecule has 2 aromatic carbocycles. The molecule has 2 fully saturated rings. The van der Waals surface area contributed by atoms with Crippen molar-refractivity contribution in [2.75, 3.05) is 38.7 Å². The first-order chi connectivity index (χ1) is 20.0. The Morgan fingerprint density at radius 3 is 2.71 bits per heavy atom. The molecule has 2 atom stereocenters. The lowest BCUT2D eigenvalue weighted by Gasteiger charge is -2.30. The first-order valence-corrected chi connectivity index (χ1v) is 15.6. The molecule has 1 aromatic heterocycles. The second-order valence-corrected chi connectivity index (χ2v) is 13.5. The standard InChI is InChI=1S/C31H36F2IN5O3/c1-19-8-5-4-6-11-39(19)27-23-14-38(28(41)22-13-21(40)12-20-9-7-10-24(34)26(20)22)15-25(23)35-29(36-27)42-18-30(17-37(2)3)16-31(30,32)33/h7,9-10,12-13,19,40H,4-6,8,11,14-18H2,1-3H3/t19-,30-/m1/s1. The van der Waals surface area contributed by atoms with E-state index in [0.717, 1.165) is 58.0 Å². The number of halogens is 3. The molecule has 0 bridgehead atoms. The number of anilines is 1. The number of aromatic nitrogens is 2. The van der Waals surface area contributed by atoms with Gasteiger partial charge in [-0.3, -0.25) is 4.79 Å². The zero-order chi connectivity index (χ0) is 29.8. The quantitative estimate of drug-likeness (QED) is 0.313. The van der Waals surface area contributed by atoms with Crippen molar-refractivity contribution in [1.82, 2.24) is 19.8 Å². The molecule has 1 aliphatic carbocycles. The Balaban J connectivity index is 1.34. The second kappa shape index (κ2) is 11.0. The van der Waals surface area contributed by atoms with Crippen LogP contribution in [0.4, 0.5) is 14.6 Å². The van der Waals surface area contributed by atoms with Gasteiger partial charge in [-0.1, -0.05) is 25.0 Å². The molecule has 2 aliphatic heterocycles. The van der Waals surface area contributed by atoms with Crippen LogP contribution in [0.15, 0.2) is 30.3 Å². The maximum atomic E-state index is 14.5. The minimum Gasteiger partial charge on any atom is -0.508 e. The molecule has 3 aliphatic rings. The third-order valence-corrected chi connectivity index (χ3v) is 9.70. The van der Waals surface area contributed by atoms with Gasteiger partial charge in [0.25, 0.3) is 11.8 Å². The number of fused-ring (bicyclic) bond motifs is 2. The number of nitrogens with zero attached hydrogens (tertiary/aromatic N) is 5. The zero-order valence-corrected chi connectivity index (χ0v) is 26.3. The molecule has 6 rings (SSSR count). The third-order valence-electron chi connectivity index (χ3n) is 8.80. The topological polar surface area (TPSA) is 82.0 Å². The molecular formula is C31H36F2IN5O3. The number of ether oxygens (including phenoxy) is 1. The summed E-state index contributed by atoms with van der Waals surface area (Å²) >= 11 is 2.21. The van der Waals surface area contributed by atoms with E-state index in [2.05, 4.69) is 39.4 Å². The monoisotopic (exact) mass is 691 g/mol. The lowest BCUT2D eigenvalue weighted by molar-refractivity contribution is 0.0287. The number of benzene rings is 2. The van der Waals surface area contributed by atoms with E-state index in [0.29, 0.717) is 17.8 Å². The highest BCUT2D eigenvalue weighted by Gasteiger charge is 2.71. The van der Waals surface area contributed by atoms with Crippen LogP contribution < -0.4 is 9.64 Å². The van der Waals surface area contributed by atoms with E-state index < -0.39 is 11.3 Å². The van der Waals surface area contributed by atoms with Gasteiger partial charge in [0.15, 0.2) is 0 Å². The molecule has 3 aromatic rings. The van der Waals surface area contributed by atoms with Crippen LogP contribution in [-0.2, 0) is 13.1 Å². The second-order valence-electron chi connectivity index (χ2n) is 12.3. The molecule has 3 heterocycles. The summed E-state index contributed by atoms with van der Waals surface area (Å²) in [7, 11) is 3.56. The summed E-state index contributed by atoms with van der Waals surface area (Å²) in [5.74, 6) is -2.25. The summed E-state index contributed by atoms with van der Waals surface area (Å²) in [4.78, 5) is 29.2. The number of rotatable bonds is 7. The normalized spacial score (nSPS) is 23.3. The summed E-state index contributed by atoms with van der Waals surface area (Å²) in [6.07, 6.45) is 4.08. The Hall–Kier alpha value is -2.80. The number of phenols is 1. The molecule has 8 nitrogen and oxygen atoms in total. The average Bonchev–Trinajstić information content (AvgIpc) is 3.30. The molecule has 1 saturated heterocycles. The number of amides is 1. The number of phenolic OH excluding ortho intramolecular Hbond substituents is 1. The van der Waals surface area contributed by atoms with Crippen molar-refractivity contribution >= 4 is 45.1 Å². The summed E-state index contributed by atoms with van der Waals surface area (Å²) in [5, 5.41) is 12.0. The summed E-state index contributed by atoms with van der Waals surface area (Å²) in [6.45, 7) is 3.58. The van der Waals surface area contributed by atoms with Gasteiger partial charge in [0.05, 0.1) is 29.8 Å². The van der Waals surface area contributed by atoms with Gasteiger partial charge in [-0.2, -0.15) is 9.97 Å². The summed E-state index contributed by atoms with van der Waals surface area (Å²) in [6, 6.07) is 9.21. The van der Waals surface area contributed by atoms with Crippen molar-refractivity contribution in [3.63, 3.8) is 0 Å². The molecule has 42 heavy (non-hydrogen) atoms. The largest absolute Gasteiger partial charge is 0.508 e. The minimum absolute atomic E-state index is 0.0302. The van der Waals surface area contributed by atoms with Gasteiger partial charge >= 0.3 is 6.01 Å². The fraction of sp³-hybridized carbons (Fsp3) is 0.516. The van der Waals surface area contributed by atoms with Crippen LogP contribution in [0.5, 0.6) is 11.8 Å². The van der Waals surface area contributed by atoms with Gasteiger partial charge in [0, 0.05) is 40.1 Å². The highest BCUT2D eigenvalue weighted by atomic mass is 127. The highest BCUT2D eigenvalue weighted by Crippen LogP contribution is 2.60. The lowest BCUT2D eigenvalue weighted by atomic mass is 10.0. The molecule has 0 unspecified atom stereocenters. The number of hydrogen-bond acceptors (Lipinski definition) is 7. The van der Waals surface area contributed by atoms with Crippen molar-refractivity contribution in [2.24, 2.45) is 5.41 Å². The van der Waals surface area contributed by atoms with Gasteiger partial charge in [-0.25, -0.2) is 8.78 Å². The summed E-state index contributed by atoms with van der Waals surface area (Å²) < 4.78 is 35.8. The summed E-state index contributed by atoms with van der Waals surface area (Å²) in [5.41, 5.74) is 0.704. The molecule has 224 valence electrons. The Kier molecular flexibility index (Phi) is 7.70. The Morgan fingerprint density at radius 2 is 1.98 bits per heavy atom. The van der Waals surface area contributed by atoms with E-state index in [9.17, 15) is 18.7 Å². The van der Waals surface area contributed by atoms with Crippen molar-refractivity contribution < 1.29 is 23.4 Å². The van der Waals surface area contributed by atoms with Crippen LogP contribution in [0.25, 0.3) is 10.8 Å². The Morgan fingerprint density at radius 1 is 1.19 bits per heavy atom. The number of carbonyl (C=O) groups is 1. The minimum atomic E-state index is -2.79. The van der Waals surface area contributed by atoms with E-state index in [-0.39, 0.29) is 49.8 Å². The molecule has 1 saturated carbocycles. The van der Waals surface area contributed by atoms with Crippen LogP contribution in [-0.4, -0.2) is 76.5 Å². The SMILES string of the molecule is C[C@@H]1CCCCCN1c1nc(OC[C@]2(CN(C)C)CC2(F)F)nc2c1CN(C(=O)c1cc(O)cc3cccc(I)c13)C2. The van der Waals surface area contributed by atoms with Crippen LogP contribution >= 0.6 is 22.6 Å². The predicted molar refractivity (Wildman–Crippen MR) is 165 cm³/mol. The fourth-order valence-electron chi connectivity index (χ4n) is 6.52. The fourth-order valence-corrected chi connectivity index (χ4v) is 7.33. The van der Waals surface area contributed by atoms with Crippen LogP contribution in [0.1, 0.15) is 60.6 Å². The highest BCUT2D eigenvalue weighted by molar-refractivity contribution is 14.1. The van der Waals surface area contributed by atoms with Gasteiger partial charge in [0.1, 0.15) is 18.2 Å². The van der Waals surface area contributed by atoms with Gasteiger partial charge in [0.2, 0.25) is 0 Å². The van der Waals surface area contributed by atoms with Crippen molar-refractivity contribution in [1.29, 1.82) is 0 Å². The maximum absolute atomic E-state index is 14.5. The van der Waals surface area contributed by atoms with Crippen LogP contribution in [0.2, 0.25) is 0 Å². The van der Waals surface area contributed by atoms with Crippen molar-refractivity contribution in [3.8, 4) is 11.8 Å². The van der Waals surface area contributed by atoms with E-state index in [4.69, 9.17) is 9.72 Å². The molecule has 11 heteroatoms. The average molecular weight is 692 g/mol. The number of alkyl halides is 2. The Labute approximate surface area is 258 Å². The first-order valence-electron chi connectivity index (χ1n) is 14.5.